The van der Waals surface area contributed by atoms with Gasteiger partial charge in [0.05, 0.1) is 7.11 Å². The van der Waals surface area contributed by atoms with Crippen LogP contribution in [0.2, 0.25) is 0 Å². The lowest BCUT2D eigenvalue weighted by atomic mass is 10.1. The summed E-state index contributed by atoms with van der Waals surface area (Å²) in [6.07, 6.45) is 1.83. The fourth-order valence-corrected chi connectivity index (χ4v) is 2.53. The van der Waals surface area contributed by atoms with Gasteiger partial charge in [0.25, 0.3) is 0 Å². The molecule has 0 aliphatic carbocycles. The summed E-state index contributed by atoms with van der Waals surface area (Å²) in [5.74, 6) is 2.74. The van der Waals surface area contributed by atoms with Crippen molar-refractivity contribution in [2.45, 2.75) is 39.7 Å². The molecular formula is C18H25N3O. The zero-order valence-electron chi connectivity index (χ0n) is 14.1. The Morgan fingerprint density at radius 2 is 1.95 bits per heavy atom. The summed E-state index contributed by atoms with van der Waals surface area (Å²) < 4.78 is 5.44. The van der Waals surface area contributed by atoms with E-state index in [1.54, 1.807) is 7.11 Å². The van der Waals surface area contributed by atoms with Crippen molar-refractivity contribution >= 4 is 5.82 Å². The van der Waals surface area contributed by atoms with Gasteiger partial charge >= 0.3 is 0 Å². The molecule has 1 atom stereocenters. The van der Waals surface area contributed by atoms with Crippen molar-refractivity contribution in [3.8, 4) is 5.75 Å². The molecule has 1 aromatic carbocycles. The molecule has 1 unspecified atom stereocenters. The Morgan fingerprint density at radius 3 is 2.64 bits per heavy atom. The monoisotopic (exact) mass is 299 g/mol. The minimum absolute atomic E-state index is 0.315. The lowest BCUT2D eigenvalue weighted by molar-refractivity contribution is 0.408. The Kier molecular flexibility index (Phi) is 5.36. The molecule has 1 aromatic heterocycles. The highest BCUT2D eigenvalue weighted by Gasteiger charge is 2.15. The molecule has 2 rings (SSSR count). The summed E-state index contributed by atoms with van der Waals surface area (Å²) >= 11 is 0. The van der Waals surface area contributed by atoms with Gasteiger partial charge in [0.1, 0.15) is 17.4 Å². The molecule has 22 heavy (non-hydrogen) atoms. The first kappa shape index (κ1) is 16.3. The van der Waals surface area contributed by atoms with Crippen LogP contribution in [0, 0.1) is 6.92 Å². The van der Waals surface area contributed by atoms with Crippen molar-refractivity contribution in [1.82, 2.24) is 9.97 Å². The Morgan fingerprint density at radius 1 is 1.23 bits per heavy atom. The van der Waals surface area contributed by atoms with Crippen LogP contribution in [-0.4, -0.2) is 30.2 Å². The third kappa shape index (κ3) is 3.75. The van der Waals surface area contributed by atoms with Crippen molar-refractivity contribution in [3.63, 3.8) is 0 Å². The second kappa shape index (κ2) is 7.25. The number of aromatic nitrogens is 2. The van der Waals surface area contributed by atoms with Gasteiger partial charge in [0.2, 0.25) is 0 Å². The van der Waals surface area contributed by atoms with Gasteiger partial charge in [-0.3, -0.25) is 0 Å². The van der Waals surface area contributed by atoms with E-state index in [0.717, 1.165) is 35.9 Å². The highest BCUT2D eigenvalue weighted by atomic mass is 16.5. The van der Waals surface area contributed by atoms with Crippen LogP contribution in [0.4, 0.5) is 5.82 Å². The molecule has 0 N–H and O–H groups in total. The molecular weight excluding hydrogens is 274 g/mol. The average Bonchev–Trinajstić information content (AvgIpc) is 2.53. The summed E-state index contributed by atoms with van der Waals surface area (Å²) in [6, 6.07) is 10.6. The number of hydrogen-bond acceptors (Lipinski definition) is 4. The van der Waals surface area contributed by atoms with Crippen LogP contribution in [0.15, 0.2) is 30.3 Å². The maximum absolute atomic E-state index is 5.44. The molecule has 0 amide bonds. The molecule has 2 aromatic rings. The van der Waals surface area contributed by atoms with E-state index in [0.29, 0.717) is 6.04 Å². The molecule has 0 radical (unpaired) electrons. The minimum atomic E-state index is 0.315. The van der Waals surface area contributed by atoms with E-state index < -0.39 is 0 Å². The van der Waals surface area contributed by atoms with E-state index >= 15 is 0 Å². The third-order valence-corrected chi connectivity index (χ3v) is 3.97. The van der Waals surface area contributed by atoms with Crippen LogP contribution in [-0.2, 0) is 12.8 Å². The topological polar surface area (TPSA) is 38.2 Å². The molecule has 0 bridgehead atoms. The first-order chi connectivity index (χ1) is 10.5. The van der Waals surface area contributed by atoms with Crippen molar-refractivity contribution in [2.75, 3.05) is 19.1 Å². The van der Waals surface area contributed by atoms with E-state index in [2.05, 4.69) is 54.0 Å². The Balaban J connectivity index is 2.18. The SMILES string of the molecule is CCc1cc(N(C)C(C)Cc2ccccc2OC)nc(C)n1. The van der Waals surface area contributed by atoms with Gasteiger partial charge in [-0.25, -0.2) is 9.97 Å². The first-order valence-corrected chi connectivity index (χ1v) is 7.74. The molecule has 0 fully saturated rings. The first-order valence-electron chi connectivity index (χ1n) is 7.74. The molecule has 1 heterocycles. The van der Waals surface area contributed by atoms with Crippen molar-refractivity contribution in [2.24, 2.45) is 0 Å². The molecule has 0 aliphatic rings. The number of methoxy groups -OCH3 is 1. The highest BCUT2D eigenvalue weighted by molar-refractivity contribution is 5.42. The van der Waals surface area contributed by atoms with Crippen molar-refractivity contribution < 1.29 is 4.74 Å². The molecule has 4 nitrogen and oxygen atoms in total. The standard InChI is InChI=1S/C18H25N3O/c1-6-16-12-18(20-14(3)19-16)21(4)13(2)11-15-9-7-8-10-17(15)22-5/h7-10,12-13H,6,11H2,1-5H3. The lowest BCUT2D eigenvalue weighted by Gasteiger charge is -2.27. The summed E-state index contributed by atoms with van der Waals surface area (Å²) in [4.78, 5) is 11.2. The summed E-state index contributed by atoms with van der Waals surface area (Å²) in [6.45, 7) is 6.26. The largest absolute Gasteiger partial charge is 0.496 e. The zero-order chi connectivity index (χ0) is 16.1. The third-order valence-electron chi connectivity index (χ3n) is 3.97. The fraction of sp³-hybridized carbons (Fsp3) is 0.444. The van der Waals surface area contributed by atoms with Gasteiger partial charge in [-0.2, -0.15) is 0 Å². The van der Waals surface area contributed by atoms with Gasteiger partial charge in [-0.15, -0.1) is 0 Å². The van der Waals surface area contributed by atoms with E-state index in [1.165, 1.54) is 5.56 Å². The van der Waals surface area contributed by atoms with Gasteiger partial charge in [0.15, 0.2) is 0 Å². The van der Waals surface area contributed by atoms with Crippen molar-refractivity contribution in [3.05, 3.63) is 47.4 Å². The maximum atomic E-state index is 5.44. The Hall–Kier alpha value is -2.10. The van der Waals surface area contributed by atoms with E-state index in [4.69, 9.17) is 4.74 Å². The van der Waals surface area contributed by atoms with Crippen LogP contribution >= 0.6 is 0 Å². The predicted molar refractivity (Wildman–Crippen MR) is 90.7 cm³/mol. The maximum Gasteiger partial charge on any atom is 0.132 e. The van der Waals surface area contributed by atoms with Gasteiger partial charge < -0.3 is 9.64 Å². The summed E-state index contributed by atoms with van der Waals surface area (Å²) in [7, 11) is 3.80. The molecule has 0 spiro atoms. The van der Waals surface area contributed by atoms with Crippen molar-refractivity contribution in [1.29, 1.82) is 0 Å². The summed E-state index contributed by atoms with van der Waals surface area (Å²) in [5.41, 5.74) is 2.30. The number of benzene rings is 1. The lowest BCUT2D eigenvalue weighted by Crippen LogP contribution is -2.32. The second-order valence-corrected chi connectivity index (χ2v) is 5.59. The number of likely N-dealkylation sites (N-methyl/N-ethyl adjacent to an activating group) is 1. The number of nitrogens with zero attached hydrogens (tertiary/aromatic N) is 3. The van der Waals surface area contributed by atoms with Crippen LogP contribution in [0.3, 0.4) is 0 Å². The number of anilines is 1. The Labute approximate surface area is 133 Å². The Bertz CT molecular complexity index is 627. The van der Waals surface area contributed by atoms with Crippen LogP contribution in [0.25, 0.3) is 0 Å². The molecule has 0 aliphatic heterocycles. The smallest absolute Gasteiger partial charge is 0.132 e. The normalized spacial score (nSPS) is 12.0. The number of hydrogen-bond donors (Lipinski definition) is 0. The summed E-state index contributed by atoms with van der Waals surface area (Å²) in [5, 5.41) is 0. The van der Waals surface area contributed by atoms with E-state index in [1.807, 2.05) is 19.1 Å². The van der Waals surface area contributed by atoms with Gasteiger partial charge in [0, 0.05) is 24.8 Å². The molecule has 118 valence electrons. The van der Waals surface area contributed by atoms with Gasteiger partial charge in [-0.1, -0.05) is 25.1 Å². The van der Waals surface area contributed by atoms with Gasteiger partial charge in [-0.05, 0) is 38.3 Å². The number of para-hydroxylation sites is 1. The predicted octanol–water partition coefficient (Wildman–Crippen LogP) is 3.42. The van der Waals surface area contributed by atoms with E-state index in [-0.39, 0.29) is 0 Å². The number of ether oxygens (including phenoxy) is 1. The highest BCUT2D eigenvalue weighted by Crippen LogP contribution is 2.22. The quantitative estimate of drug-likeness (QED) is 0.819. The average molecular weight is 299 g/mol. The second-order valence-electron chi connectivity index (χ2n) is 5.59. The van der Waals surface area contributed by atoms with Crippen LogP contribution in [0.5, 0.6) is 5.75 Å². The van der Waals surface area contributed by atoms with Crippen LogP contribution in [0.1, 0.15) is 30.9 Å². The minimum Gasteiger partial charge on any atom is -0.496 e. The molecule has 0 saturated heterocycles. The van der Waals surface area contributed by atoms with Crippen LogP contribution < -0.4 is 9.64 Å². The number of rotatable bonds is 6. The van der Waals surface area contributed by atoms with E-state index in [9.17, 15) is 0 Å². The number of aryl methyl sites for hydroxylation is 2. The fourth-order valence-electron chi connectivity index (χ4n) is 2.53. The molecule has 0 saturated carbocycles. The zero-order valence-corrected chi connectivity index (χ0v) is 14.1. The molecule has 4 heteroatoms.